The van der Waals surface area contributed by atoms with Crippen LogP contribution in [0.5, 0.6) is 0 Å². The number of nitrogens with two attached hydrogens (primary N) is 1. The van der Waals surface area contributed by atoms with Crippen LogP contribution < -0.4 is 5.73 Å². The summed E-state index contributed by atoms with van der Waals surface area (Å²) < 4.78 is 5.07. The van der Waals surface area contributed by atoms with E-state index in [1.54, 1.807) is 0 Å². The van der Waals surface area contributed by atoms with Crippen LogP contribution in [0.2, 0.25) is 0 Å². The second-order valence-electron chi connectivity index (χ2n) is 2.63. The molecule has 0 heterocycles. The van der Waals surface area contributed by atoms with Gasteiger partial charge in [0, 0.05) is 0 Å². The predicted molar refractivity (Wildman–Crippen MR) is 45.2 cm³/mol. The van der Waals surface area contributed by atoms with E-state index in [9.17, 15) is 0 Å². The van der Waals surface area contributed by atoms with E-state index in [1.807, 2.05) is 0 Å². The summed E-state index contributed by atoms with van der Waals surface area (Å²) in [4.78, 5) is 0. The molecule has 0 radical (unpaired) electrons. The van der Waals surface area contributed by atoms with Gasteiger partial charge in [0.1, 0.15) is 6.23 Å². The topological polar surface area (TPSA) is 55.5 Å². The average Bonchev–Trinajstić information content (AvgIpc) is 2.01. The Morgan fingerprint density at radius 2 is 2.18 bits per heavy atom. The molecule has 0 aromatic carbocycles. The third-order valence-corrected chi connectivity index (χ3v) is 1.52. The summed E-state index contributed by atoms with van der Waals surface area (Å²) in [6.07, 6.45) is 4.23. The molecule has 3 nitrogen and oxygen atoms in total. The largest absolute Gasteiger partial charge is 0.394 e. The van der Waals surface area contributed by atoms with Gasteiger partial charge < -0.3 is 15.6 Å². The van der Waals surface area contributed by atoms with Crippen LogP contribution in [0.1, 0.15) is 32.6 Å². The highest BCUT2D eigenvalue weighted by Crippen LogP contribution is 2.01. The standard InChI is InChI=1S/C8H19NO2/c1-2-3-4-5-8(9)11-7-6-10/h8,10H,2-7,9H2,1H3. The van der Waals surface area contributed by atoms with Crippen molar-refractivity contribution in [2.45, 2.75) is 38.8 Å². The molecule has 0 spiro atoms. The summed E-state index contributed by atoms with van der Waals surface area (Å²) >= 11 is 0. The number of unbranched alkanes of at least 4 members (excludes halogenated alkanes) is 2. The Labute approximate surface area is 68.5 Å². The van der Waals surface area contributed by atoms with Gasteiger partial charge in [-0.3, -0.25) is 0 Å². The van der Waals surface area contributed by atoms with E-state index < -0.39 is 0 Å². The summed E-state index contributed by atoms with van der Waals surface area (Å²) in [7, 11) is 0. The number of aliphatic hydroxyl groups is 1. The molecule has 0 amide bonds. The first-order chi connectivity index (χ1) is 5.31. The Morgan fingerprint density at radius 1 is 1.45 bits per heavy atom. The van der Waals surface area contributed by atoms with Crippen molar-refractivity contribution in [3.63, 3.8) is 0 Å². The van der Waals surface area contributed by atoms with Crippen molar-refractivity contribution < 1.29 is 9.84 Å². The monoisotopic (exact) mass is 161 g/mol. The molecule has 0 fully saturated rings. The van der Waals surface area contributed by atoms with Crippen LogP contribution in [0.3, 0.4) is 0 Å². The lowest BCUT2D eigenvalue weighted by atomic mass is 10.2. The molecule has 3 N–H and O–H groups in total. The van der Waals surface area contributed by atoms with Gasteiger partial charge in [0.25, 0.3) is 0 Å². The zero-order chi connectivity index (χ0) is 8.53. The van der Waals surface area contributed by atoms with E-state index in [2.05, 4.69) is 6.92 Å². The first kappa shape index (κ1) is 10.9. The molecule has 0 saturated carbocycles. The zero-order valence-electron chi connectivity index (χ0n) is 7.25. The highest BCUT2D eigenvalue weighted by molar-refractivity contribution is 4.48. The molecule has 3 heteroatoms. The van der Waals surface area contributed by atoms with Gasteiger partial charge in [-0.25, -0.2) is 0 Å². The molecule has 0 aromatic rings. The van der Waals surface area contributed by atoms with E-state index in [0.717, 1.165) is 12.8 Å². The molecule has 0 aromatic heterocycles. The molecule has 0 bridgehead atoms. The van der Waals surface area contributed by atoms with Gasteiger partial charge in [-0.2, -0.15) is 0 Å². The zero-order valence-corrected chi connectivity index (χ0v) is 7.25. The Hall–Kier alpha value is -0.120. The molecule has 1 unspecified atom stereocenters. The van der Waals surface area contributed by atoms with Crippen molar-refractivity contribution in [1.82, 2.24) is 0 Å². The van der Waals surface area contributed by atoms with Gasteiger partial charge in [-0.15, -0.1) is 0 Å². The van der Waals surface area contributed by atoms with Gasteiger partial charge in [0.05, 0.1) is 13.2 Å². The van der Waals surface area contributed by atoms with E-state index in [1.165, 1.54) is 12.8 Å². The maximum Gasteiger partial charge on any atom is 0.105 e. The number of hydrogen-bond acceptors (Lipinski definition) is 3. The maximum atomic E-state index is 8.41. The fourth-order valence-corrected chi connectivity index (χ4v) is 0.883. The highest BCUT2D eigenvalue weighted by atomic mass is 16.5. The Kier molecular flexibility index (Phi) is 7.89. The molecule has 0 saturated heterocycles. The van der Waals surface area contributed by atoms with Crippen molar-refractivity contribution in [2.75, 3.05) is 13.2 Å². The lowest BCUT2D eigenvalue weighted by molar-refractivity contribution is 0.0265. The Balaban J connectivity index is 3.02. The lowest BCUT2D eigenvalue weighted by Gasteiger charge is -2.10. The molecule has 68 valence electrons. The number of hydrogen-bond donors (Lipinski definition) is 2. The van der Waals surface area contributed by atoms with Crippen LogP contribution in [0, 0.1) is 0 Å². The molecular weight excluding hydrogens is 142 g/mol. The summed E-state index contributed by atoms with van der Waals surface area (Å²) in [5.74, 6) is 0. The summed E-state index contributed by atoms with van der Waals surface area (Å²) in [5.41, 5.74) is 5.57. The third kappa shape index (κ3) is 7.78. The second kappa shape index (κ2) is 7.98. The van der Waals surface area contributed by atoms with Crippen molar-refractivity contribution in [2.24, 2.45) is 5.73 Å². The predicted octanol–water partition coefficient (Wildman–Crippen LogP) is 0.860. The fourth-order valence-electron chi connectivity index (χ4n) is 0.883. The van der Waals surface area contributed by atoms with Gasteiger partial charge in [0.2, 0.25) is 0 Å². The molecular formula is C8H19NO2. The SMILES string of the molecule is CCCCCC(N)OCCO. The van der Waals surface area contributed by atoms with Crippen LogP contribution in [-0.4, -0.2) is 24.5 Å². The van der Waals surface area contributed by atoms with Crippen molar-refractivity contribution >= 4 is 0 Å². The minimum absolute atomic E-state index is 0.0570. The van der Waals surface area contributed by atoms with E-state index >= 15 is 0 Å². The minimum atomic E-state index is -0.186. The van der Waals surface area contributed by atoms with Gasteiger partial charge in [0.15, 0.2) is 0 Å². The first-order valence-electron chi connectivity index (χ1n) is 4.29. The number of rotatable bonds is 7. The quantitative estimate of drug-likeness (QED) is 0.430. The normalized spacial score (nSPS) is 13.4. The lowest BCUT2D eigenvalue weighted by Crippen LogP contribution is -2.24. The van der Waals surface area contributed by atoms with Crippen LogP contribution in [0.4, 0.5) is 0 Å². The number of aliphatic hydroxyl groups excluding tert-OH is 1. The number of ether oxygens (including phenoxy) is 1. The maximum absolute atomic E-state index is 8.41. The average molecular weight is 161 g/mol. The minimum Gasteiger partial charge on any atom is -0.394 e. The van der Waals surface area contributed by atoms with Crippen LogP contribution >= 0.6 is 0 Å². The van der Waals surface area contributed by atoms with Crippen molar-refractivity contribution in [1.29, 1.82) is 0 Å². The van der Waals surface area contributed by atoms with Crippen molar-refractivity contribution in [3.05, 3.63) is 0 Å². The first-order valence-corrected chi connectivity index (χ1v) is 4.29. The second-order valence-corrected chi connectivity index (χ2v) is 2.63. The Morgan fingerprint density at radius 3 is 2.73 bits per heavy atom. The molecule has 0 rings (SSSR count). The third-order valence-electron chi connectivity index (χ3n) is 1.52. The Bertz CT molecular complexity index is 78.5. The highest BCUT2D eigenvalue weighted by Gasteiger charge is 1.99. The van der Waals surface area contributed by atoms with E-state index in [4.69, 9.17) is 15.6 Å². The molecule has 0 aliphatic heterocycles. The van der Waals surface area contributed by atoms with Gasteiger partial charge in [-0.1, -0.05) is 19.8 Å². The van der Waals surface area contributed by atoms with Gasteiger partial charge >= 0.3 is 0 Å². The molecule has 0 aliphatic carbocycles. The summed E-state index contributed by atoms with van der Waals surface area (Å²) in [5, 5.41) is 8.41. The van der Waals surface area contributed by atoms with Crippen LogP contribution in [-0.2, 0) is 4.74 Å². The summed E-state index contributed by atoms with van der Waals surface area (Å²) in [6.45, 7) is 2.56. The van der Waals surface area contributed by atoms with Crippen LogP contribution in [0.25, 0.3) is 0 Å². The van der Waals surface area contributed by atoms with E-state index in [0.29, 0.717) is 6.61 Å². The van der Waals surface area contributed by atoms with Crippen LogP contribution in [0.15, 0.2) is 0 Å². The van der Waals surface area contributed by atoms with Gasteiger partial charge in [-0.05, 0) is 12.8 Å². The molecule has 1 atom stereocenters. The van der Waals surface area contributed by atoms with E-state index in [-0.39, 0.29) is 12.8 Å². The molecule has 0 aliphatic rings. The smallest absolute Gasteiger partial charge is 0.105 e. The van der Waals surface area contributed by atoms with Crippen molar-refractivity contribution in [3.8, 4) is 0 Å². The molecule has 11 heavy (non-hydrogen) atoms. The summed E-state index contributed by atoms with van der Waals surface area (Å²) in [6, 6.07) is 0. The fraction of sp³-hybridized carbons (Fsp3) is 1.00.